The van der Waals surface area contributed by atoms with Crippen LogP contribution in [-0.4, -0.2) is 0 Å². The second kappa shape index (κ2) is 2.56. The molecule has 0 radical (unpaired) electrons. The average Bonchev–Trinajstić information content (AvgIpc) is 2.43. The summed E-state index contributed by atoms with van der Waals surface area (Å²) in [6.07, 6.45) is 4.23. The molecule has 0 heterocycles. The minimum absolute atomic E-state index is 0.718. The molecule has 0 aromatic heterocycles. The SMILES string of the molecule is CCCC(C)C1(C)CC1C. The van der Waals surface area contributed by atoms with Crippen molar-refractivity contribution in [2.24, 2.45) is 17.3 Å². The topological polar surface area (TPSA) is 0 Å². The van der Waals surface area contributed by atoms with Crippen LogP contribution in [0.5, 0.6) is 0 Å². The van der Waals surface area contributed by atoms with Gasteiger partial charge in [-0.2, -0.15) is 0 Å². The number of rotatable bonds is 3. The molecule has 0 aromatic rings. The fourth-order valence-corrected chi connectivity index (χ4v) is 2.05. The molecule has 1 aliphatic rings. The predicted molar refractivity (Wildman–Crippen MR) is 46.0 cm³/mol. The first-order chi connectivity index (χ1) is 4.61. The summed E-state index contributed by atoms with van der Waals surface area (Å²) in [5, 5.41) is 0. The molecule has 0 heteroatoms. The fraction of sp³-hybridized carbons (Fsp3) is 1.00. The largest absolute Gasteiger partial charge is 0.0654 e. The lowest BCUT2D eigenvalue weighted by Gasteiger charge is -2.18. The minimum Gasteiger partial charge on any atom is -0.0654 e. The molecule has 0 saturated heterocycles. The van der Waals surface area contributed by atoms with Crippen LogP contribution in [0, 0.1) is 17.3 Å². The van der Waals surface area contributed by atoms with E-state index in [1.807, 2.05) is 0 Å². The van der Waals surface area contributed by atoms with E-state index >= 15 is 0 Å². The van der Waals surface area contributed by atoms with Crippen LogP contribution in [0.15, 0.2) is 0 Å². The van der Waals surface area contributed by atoms with Crippen LogP contribution in [0.3, 0.4) is 0 Å². The van der Waals surface area contributed by atoms with E-state index in [0.29, 0.717) is 0 Å². The van der Waals surface area contributed by atoms with Crippen molar-refractivity contribution in [3.05, 3.63) is 0 Å². The Bertz CT molecular complexity index is 117. The van der Waals surface area contributed by atoms with Crippen LogP contribution < -0.4 is 0 Å². The Morgan fingerprint density at radius 2 is 2.10 bits per heavy atom. The van der Waals surface area contributed by atoms with Gasteiger partial charge in [-0.15, -0.1) is 0 Å². The predicted octanol–water partition coefficient (Wildman–Crippen LogP) is 3.47. The van der Waals surface area contributed by atoms with Crippen molar-refractivity contribution in [2.75, 3.05) is 0 Å². The molecular weight excluding hydrogens is 120 g/mol. The van der Waals surface area contributed by atoms with Crippen LogP contribution in [-0.2, 0) is 0 Å². The first kappa shape index (κ1) is 8.10. The lowest BCUT2D eigenvalue weighted by molar-refractivity contribution is 0.315. The zero-order chi connectivity index (χ0) is 7.78. The minimum atomic E-state index is 0.718. The molecule has 60 valence electrons. The van der Waals surface area contributed by atoms with Crippen LogP contribution >= 0.6 is 0 Å². The van der Waals surface area contributed by atoms with Crippen LogP contribution in [0.2, 0.25) is 0 Å². The van der Waals surface area contributed by atoms with E-state index in [0.717, 1.165) is 17.3 Å². The van der Waals surface area contributed by atoms with E-state index in [2.05, 4.69) is 27.7 Å². The molecule has 0 N–H and O–H groups in total. The molecule has 0 aromatic carbocycles. The maximum Gasteiger partial charge on any atom is -0.0272 e. The highest BCUT2D eigenvalue weighted by Gasteiger charge is 2.49. The standard InChI is InChI=1S/C10H20/c1-5-6-8(2)10(4)7-9(10)3/h8-9H,5-7H2,1-4H3. The molecule has 0 aliphatic heterocycles. The lowest BCUT2D eigenvalue weighted by atomic mass is 9.87. The van der Waals surface area contributed by atoms with Gasteiger partial charge in [0.15, 0.2) is 0 Å². The van der Waals surface area contributed by atoms with Gasteiger partial charge in [0.25, 0.3) is 0 Å². The van der Waals surface area contributed by atoms with Gasteiger partial charge in [0.05, 0.1) is 0 Å². The van der Waals surface area contributed by atoms with E-state index in [1.54, 1.807) is 0 Å². The van der Waals surface area contributed by atoms with Gasteiger partial charge in [-0.05, 0) is 23.7 Å². The lowest BCUT2D eigenvalue weighted by Crippen LogP contribution is -2.09. The van der Waals surface area contributed by atoms with Gasteiger partial charge in [0, 0.05) is 0 Å². The highest BCUT2D eigenvalue weighted by Crippen LogP contribution is 2.58. The Hall–Kier alpha value is 0. The van der Waals surface area contributed by atoms with E-state index in [1.165, 1.54) is 19.3 Å². The first-order valence-electron chi connectivity index (χ1n) is 4.61. The molecule has 1 saturated carbocycles. The normalized spacial score (nSPS) is 41.4. The second-order valence-electron chi connectivity index (χ2n) is 4.30. The first-order valence-corrected chi connectivity index (χ1v) is 4.61. The summed E-state index contributed by atoms with van der Waals surface area (Å²) in [5.41, 5.74) is 0.718. The quantitative estimate of drug-likeness (QED) is 0.563. The smallest absolute Gasteiger partial charge is 0.0272 e. The zero-order valence-electron chi connectivity index (χ0n) is 7.78. The number of hydrogen-bond acceptors (Lipinski definition) is 0. The van der Waals surface area contributed by atoms with Crippen molar-refractivity contribution in [1.82, 2.24) is 0 Å². The van der Waals surface area contributed by atoms with Gasteiger partial charge >= 0.3 is 0 Å². The summed E-state index contributed by atoms with van der Waals surface area (Å²) in [6, 6.07) is 0. The summed E-state index contributed by atoms with van der Waals surface area (Å²) in [6.45, 7) is 9.52. The molecule has 1 fully saturated rings. The van der Waals surface area contributed by atoms with Crippen LogP contribution in [0.1, 0.15) is 47.0 Å². The van der Waals surface area contributed by atoms with Gasteiger partial charge in [0.1, 0.15) is 0 Å². The molecular formula is C10H20. The maximum absolute atomic E-state index is 2.44. The summed E-state index contributed by atoms with van der Waals surface area (Å²) in [4.78, 5) is 0. The van der Waals surface area contributed by atoms with Crippen LogP contribution in [0.25, 0.3) is 0 Å². The van der Waals surface area contributed by atoms with Gasteiger partial charge in [-0.1, -0.05) is 40.5 Å². The third kappa shape index (κ3) is 1.21. The van der Waals surface area contributed by atoms with Gasteiger partial charge in [0.2, 0.25) is 0 Å². The van der Waals surface area contributed by atoms with Crippen molar-refractivity contribution in [3.63, 3.8) is 0 Å². The molecule has 0 nitrogen and oxygen atoms in total. The Kier molecular flexibility index (Phi) is 2.07. The summed E-state index contributed by atoms with van der Waals surface area (Å²) < 4.78 is 0. The van der Waals surface area contributed by atoms with Crippen molar-refractivity contribution in [3.8, 4) is 0 Å². The molecule has 0 amide bonds. The molecule has 3 atom stereocenters. The Labute approximate surface area is 65.0 Å². The Morgan fingerprint density at radius 1 is 1.60 bits per heavy atom. The molecule has 1 aliphatic carbocycles. The van der Waals surface area contributed by atoms with Gasteiger partial charge in [-0.3, -0.25) is 0 Å². The number of hydrogen-bond donors (Lipinski definition) is 0. The summed E-state index contributed by atoms with van der Waals surface area (Å²) in [7, 11) is 0. The zero-order valence-corrected chi connectivity index (χ0v) is 7.78. The third-order valence-electron chi connectivity index (χ3n) is 3.56. The van der Waals surface area contributed by atoms with E-state index in [9.17, 15) is 0 Å². The molecule has 1 rings (SSSR count). The van der Waals surface area contributed by atoms with Crippen molar-refractivity contribution < 1.29 is 0 Å². The fourth-order valence-electron chi connectivity index (χ4n) is 2.05. The highest BCUT2D eigenvalue weighted by atomic mass is 14.5. The van der Waals surface area contributed by atoms with E-state index in [4.69, 9.17) is 0 Å². The Balaban J connectivity index is 2.34. The van der Waals surface area contributed by atoms with Crippen molar-refractivity contribution >= 4 is 0 Å². The maximum atomic E-state index is 2.44. The second-order valence-corrected chi connectivity index (χ2v) is 4.30. The third-order valence-corrected chi connectivity index (χ3v) is 3.56. The van der Waals surface area contributed by atoms with Gasteiger partial charge < -0.3 is 0 Å². The van der Waals surface area contributed by atoms with E-state index in [-0.39, 0.29) is 0 Å². The van der Waals surface area contributed by atoms with Crippen molar-refractivity contribution in [2.45, 2.75) is 47.0 Å². The van der Waals surface area contributed by atoms with Gasteiger partial charge in [-0.25, -0.2) is 0 Å². The van der Waals surface area contributed by atoms with Crippen LogP contribution in [0.4, 0.5) is 0 Å². The molecule has 0 bridgehead atoms. The summed E-state index contributed by atoms with van der Waals surface area (Å²) in [5.74, 6) is 1.95. The monoisotopic (exact) mass is 140 g/mol. The Morgan fingerprint density at radius 3 is 2.40 bits per heavy atom. The molecule has 3 unspecified atom stereocenters. The average molecular weight is 140 g/mol. The molecule has 0 spiro atoms. The highest BCUT2D eigenvalue weighted by molar-refractivity contribution is 4.98. The summed E-state index contributed by atoms with van der Waals surface area (Å²) >= 11 is 0. The van der Waals surface area contributed by atoms with Crippen molar-refractivity contribution in [1.29, 1.82) is 0 Å². The molecule has 10 heavy (non-hydrogen) atoms. The van der Waals surface area contributed by atoms with E-state index < -0.39 is 0 Å².